The molecule has 0 radical (unpaired) electrons. The number of aldehydes is 1. The van der Waals surface area contributed by atoms with Crippen molar-refractivity contribution in [2.45, 2.75) is 12.8 Å². The van der Waals surface area contributed by atoms with Crippen molar-refractivity contribution in [3.63, 3.8) is 0 Å². The van der Waals surface area contributed by atoms with Crippen molar-refractivity contribution in [3.05, 3.63) is 0 Å². The summed E-state index contributed by atoms with van der Waals surface area (Å²) in [5.41, 5.74) is 0. The summed E-state index contributed by atoms with van der Waals surface area (Å²) < 4.78 is 23.6. The van der Waals surface area contributed by atoms with Gasteiger partial charge in [0.25, 0.3) is 6.43 Å². The van der Waals surface area contributed by atoms with E-state index in [2.05, 4.69) is 0 Å². The van der Waals surface area contributed by atoms with Crippen LogP contribution in [0.1, 0.15) is 6.42 Å². The molecule has 3 nitrogen and oxygen atoms in total. The SMILES string of the molecule is O=CCCN(CCO)CC(F)F. The Hall–Kier alpha value is -0.550. The smallest absolute Gasteiger partial charge is 0.251 e. The van der Waals surface area contributed by atoms with Gasteiger partial charge in [-0.25, -0.2) is 8.78 Å². The van der Waals surface area contributed by atoms with Gasteiger partial charge in [0.15, 0.2) is 0 Å². The Morgan fingerprint density at radius 1 is 1.42 bits per heavy atom. The lowest BCUT2D eigenvalue weighted by Crippen LogP contribution is -2.32. The molecule has 0 fully saturated rings. The zero-order chi connectivity index (χ0) is 9.40. The summed E-state index contributed by atoms with van der Waals surface area (Å²) in [7, 11) is 0. The molecule has 1 N–H and O–H groups in total. The van der Waals surface area contributed by atoms with Crippen molar-refractivity contribution in [2.24, 2.45) is 0 Å². The van der Waals surface area contributed by atoms with Gasteiger partial charge in [0.05, 0.1) is 13.2 Å². The molecule has 0 atom stereocenters. The van der Waals surface area contributed by atoms with Crippen LogP contribution in [0.5, 0.6) is 0 Å². The number of hydrogen-bond donors (Lipinski definition) is 1. The summed E-state index contributed by atoms with van der Waals surface area (Å²) in [6.07, 6.45) is -1.51. The number of halogens is 2. The van der Waals surface area contributed by atoms with Gasteiger partial charge in [-0.15, -0.1) is 0 Å². The zero-order valence-corrected chi connectivity index (χ0v) is 6.75. The van der Waals surface area contributed by atoms with Crippen LogP contribution in [0.15, 0.2) is 0 Å². The van der Waals surface area contributed by atoms with Crippen molar-refractivity contribution >= 4 is 6.29 Å². The number of aliphatic hydroxyl groups is 1. The van der Waals surface area contributed by atoms with Gasteiger partial charge in [-0.1, -0.05) is 0 Å². The lowest BCUT2D eigenvalue weighted by atomic mass is 10.4. The highest BCUT2D eigenvalue weighted by Gasteiger charge is 2.10. The van der Waals surface area contributed by atoms with Crippen molar-refractivity contribution in [1.82, 2.24) is 4.90 Å². The first kappa shape index (κ1) is 11.4. The second kappa shape index (κ2) is 7.12. The van der Waals surface area contributed by atoms with E-state index in [1.807, 2.05) is 0 Å². The maximum atomic E-state index is 11.8. The second-order valence-corrected chi connectivity index (χ2v) is 2.37. The Morgan fingerprint density at radius 3 is 2.50 bits per heavy atom. The quantitative estimate of drug-likeness (QED) is 0.568. The normalized spacial score (nSPS) is 11.1. The minimum absolute atomic E-state index is 0.161. The molecule has 0 heterocycles. The fraction of sp³-hybridized carbons (Fsp3) is 0.857. The number of nitrogens with zero attached hydrogens (tertiary/aromatic N) is 1. The third kappa shape index (κ3) is 6.18. The zero-order valence-electron chi connectivity index (χ0n) is 6.75. The van der Waals surface area contributed by atoms with E-state index in [1.54, 1.807) is 0 Å². The lowest BCUT2D eigenvalue weighted by Gasteiger charge is -2.18. The highest BCUT2D eigenvalue weighted by atomic mass is 19.3. The Morgan fingerprint density at radius 2 is 2.08 bits per heavy atom. The molecule has 0 aromatic carbocycles. The Labute approximate surface area is 70.0 Å². The van der Waals surface area contributed by atoms with E-state index < -0.39 is 6.43 Å². The van der Waals surface area contributed by atoms with Crippen LogP contribution in [0.25, 0.3) is 0 Å². The van der Waals surface area contributed by atoms with Gasteiger partial charge < -0.3 is 9.90 Å². The van der Waals surface area contributed by atoms with Crippen molar-refractivity contribution < 1.29 is 18.7 Å². The predicted octanol–water partition coefficient (Wildman–Crippen LogP) is 0.135. The second-order valence-electron chi connectivity index (χ2n) is 2.37. The molecule has 0 aliphatic heterocycles. The van der Waals surface area contributed by atoms with Crippen LogP contribution in [0.3, 0.4) is 0 Å². The van der Waals surface area contributed by atoms with E-state index in [0.717, 1.165) is 0 Å². The maximum Gasteiger partial charge on any atom is 0.251 e. The lowest BCUT2D eigenvalue weighted by molar-refractivity contribution is -0.108. The largest absolute Gasteiger partial charge is 0.395 e. The highest BCUT2D eigenvalue weighted by molar-refractivity contribution is 5.49. The first-order chi connectivity index (χ1) is 5.70. The average Bonchev–Trinajstić information content (AvgIpc) is 2.00. The van der Waals surface area contributed by atoms with Crippen LogP contribution in [0.4, 0.5) is 8.78 Å². The third-order valence-electron chi connectivity index (χ3n) is 1.38. The number of alkyl halides is 2. The molecular formula is C7H13F2NO2. The molecule has 0 aliphatic rings. The van der Waals surface area contributed by atoms with Crippen molar-refractivity contribution in [1.29, 1.82) is 0 Å². The van der Waals surface area contributed by atoms with Crippen LogP contribution in [-0.4, -0.2) is 49.0 Å². The van der Waals surface area contributed by atoms with Crippen LogP contribution in [-0.2, 0) is 4.79 Å². The van der Waals surface area contributed by atoms with Gasteiger partial charge in [-0.05, 0) is 0 Å². The molecule has 0 aromatic heterocycles. The van der Waals surface area contributed by atoms with E-state index in [0.29, 0.717) is 6.29 Å². The minimum atomic E-state index is -2.41. The van der Waals surface area contributed by atoms with Crippen LogP contribution in [0.2, 0.25) is 0 Å². The van der Waals surface area contributed by atoms with Crippen molar-refractivity contribution in [2.75, 3.05) is 26.2 Å². The minimum Gasteiger partial charge on any atom is -0.395 e. The highest BCUT2D eigenvalue weighted by Crippen LogP contribution is 1.98. The Balaban J connectivity index is 3.61. The van der Waals surface area contributed by atoms with E-state index in [-0.39, 0.29) is 32.7 Å². The molecule has 0 amide bonds. The fourth-order valence-corrected chi connectivity index (χ4v) is 0.866. The number of carbonyl (C=O) groups is 1. The number of hydrogen-bond acceptors (Lipinski definition) is 3. The summed E-state index contributed by atoms with van der Waals surface area (Å²) in [6.45, 7) is -0.0629. The van der Waals surface area contributed by atoms with Gasteiger partial charge in [0.1, 0.15) is 6.29 Å². The molecule has 12 heavy (non-hydrogen) atoms. The summed E-state index contributed by atoms with van der Waals surface area (Å²) >= 11 is 0. The van der Waals surface area contributed by atoms with Gasteiger partial charge in [0, 0.05) is 19.5 Å². The molecule has 0 saturated carbocycles. The van der Waals surface area contributed by atoms with E-state index in [9.17, 15) is 13.6 Å². The van der Waals surface area contributed by atoms with E-state index >= 15 is 0 Å². The monoisotopic (exact) mass is 181 g/mol. The van der Waals surface area contributed by atoms with Gasteiger partial charge in [-0.3, -0.25) is 4.90 Å². The molecule has 0 saturated heterocycles. The summed E-state index contributed by atoms with van der Waals surface area (Å²) in [5.74, 6) is 0. The number of aliphatic hydroxyl groups excluding tert-OH is 1. The first-order valence-corrected chi connectivity index (χ1v) is 3.75. The number of rotatable bonds is 7. The Kier molecular flexibility index (Phi) is 6.79. The summed E-state index contributed by atoms with van der Waals surface area (Å²) in [6, 6.07) is 0. The number of carbonyl (C=O) groups excluding carboxylic acids is 1. The molecule has 0 unspecified atom stereocenters. The van der Waals surface area contributed by atoms with Gasteiger partial charge >= 0.3 is 0 Å². The molecule has 0 spiro atoms. The molecule has 72 valence electrons. The van der Waals surface area contributed by atoms with Crippen LogP contribution < -0.4 is 0 Å². The molecule has 0 aliphatic carbocycles. The summed E-state index contributed by atoms with van der Waals surface area (Å²) in [4.78, 5) is 11.3. The average molecular weight is 181 g/mol. The molecule has 0 bridgehead atoms. The van der Waals surface area contributed by atoms with Gasteiger partial charge in [-0.2, -0.15) is 0 Å². The molecular weight excluding hydrogens is 168 g/mol. The fourth-order valence-electron chi connectivity index (χ4n) is 0.866. The first-order valence-electron chi connectivity index (χ1n) is 3.75. The van der Waals surface area contributed by atoms with Crippen molar-refractivity contribution in [3.8, 4) is 0 Å². The van der Waals surface area contributed by atoms with Crippen LogP contribution >= 0.6 is 0 Å². The standard InChI is InChI=1S/C7H13F2NO2/c8-7(9)6-10(3-5-12)2-1-4-11/h4,7,12H,1-3,5-6H2. The molecule has 0 aromatic rings. The summed E-state index contributed by atoms with van der Waals surface area (Å²) in [5, 5.41) is 8.47. The topological polar surface area (TPSA) is 40.5 Å². The predicted molar refractivity (Wildman–Crippen MR) is 40.2 cm³/mol. The Bertz CT molecular complexity index is 122. The third-order valence-corrected chi connectivity index (χ3v) is 1.38. The van der Waals surface area contributed by atoms with E-state index in [1.165, 1.54) is 4.90 Å². The maximum absolute atomic E-state index is 11.8. The molecule has 0 rings (SSSR count). The van der Waals surface area contributed by atoms with E-state index in [4.69, 9.17) is 5.11 Å². The van der Waals surface area contributed by atoms with Gasteiger partial charge in [0.2, 0.25) is 0 Å². The molecule has 5 heteroatoms. The van der Waals surface area contributed by atoms with Crippen LogP contribution in [0, 0.1) is 0 Å².